The number of rotatable bonds is 4. The van der Waals surface area contributed by atoms with E-state index in [4.69, 9.17) is 14.6 Å². The quantitative estimate of drug-likeness (QED) is 0.664. The predicted molar refractivity (Wildman–Crippen MR) is 67.0 cm³/mol. The van der Waals surface area contributed by atoms with Crippen molar-refractivity contribution in [3.63, 3.8) is 0 Å². The molecule has 1 saturated heterocycles. The number of aliphatic carboxylic acids is 1. The van der Waals surface area contributed by atoms with Gasteiger partial charge in [-0.1, -0.05) is 25.1 Å². The van der Waals surface area contributed by atoms with Crippen molar-refractivity contribution in [1.82, 2.24) is 0 Å². The zero-order valence-electron chi connectivity index (χ0n) is 10.7. The summed E-state index contributed by atoms with van der Waals surface area (Å²) in [6.07, 6.45) is 1.02. The normalized spacial score (nSPS) is 16.3. The van der Waals surface area contributed by atoms with Gasteiger partial charge in [-0.15, -0.1) is 0 Å². The molecule has 19 heavy (non-hydrogen) atoms. The highest BCUT2D eigenvalue weighted by molar-refractivity contribution is 6.40. The van der Waals surface area contributed by atoms with Crippen LogP contribution < -0.4 is 0 Å². The fourth-order valence-electron chi connectivity index (χ4n) is 2.07. The van der Waals surface area contributed by atoms with E-state index in [2.05, 4.69) is 0 Å². The molecule has 5 heteroatoms. The topological polar surface area (TPSA) is 72.8 Å². The summed E-state index contributed by atoms with van der Waals surface area (Å²) in [5.74, 6) is -2.32. The number of benzene rings is 1. The summed E-state index contributed by atoms with van der Waals surface area (Å²) in [6.45, 7) is 3.16. The van der Waals surface area contributed by atoms with E-state index in [0.717, 1.165) is 12.0 Å². The molecule has 0 atom stereocenters. The summed E-state index contributed by atoms with van der Waals surface area (Å²) in [4.78, 5) is 22.3. The van der Waals surface area contributed by atoms with E-state index in [0.29, 0.717) is 25.2 Å². The summed E-state index contributed by atoms with van der Waals surface area (Å²) in [5.41, 5.74) is 1.75. The van der Waals surface area contributed by atoms with Crippen LogP contribution in [0.25, 0.3) is 0 Å². The maximum absolute atomic E-state index is 11.5. The molecule has 1 aromatic rings. The number of hydrogen-bond acceptors (Lipinski definition) is 4. The number of carbonyl (C=O) groups excluding carboxylic acids is 1. The van der Waals surface area contributed by atoms with Gasteiger partial charge >= 0.3 is 5.97 Å². The Bertz CT molecular complexity index is 489. The Kier molecular flexibility index (Phi) is 4.29. The largest absolute Gasteiger partial charge is 0.475 e. The van der Waals surface area contributed by atoms with Crippen molar-refractivity contribution in [2.45, 2.75) is 26.1 Å². The van der Waals surface area contributed by atoms with E-state index in [9.17, 15) is 9.59 Å². The Labute approximate surface area is 111 Å². The molecule has 0 aromatic heterocycles. The van der Waals surface area contributed by atoms with Crippen LogP contribution in [0.5, 0.6) is 0 Å². The Hall–Kier alpha value is -1.72. The van der Waals surface area contributed by atoms with Gasteiger partial charge in [-0.3, -0.25) is 4.79 Å². The van der Waals surface area contributed by atoms with Crippen molar-refractivity contribution >= 4 is 11.8 Å². The Morgan fingerprint density at radius 1 is 1.32 bits per heavy atom. The van der Waals surface area contributed by atoms with Crippen molar-refractivity contribution in [2.75, 3.05) is 13.2 Å². The first-order valence-electron chi connectivity index (χ1n) is 6.27. The maximum atomic E-state index is 11.5. The van der Waals surface area contributed by atoms with Crippen LogP contribution in [0.3, 0.4) is 0 Å². The highest BCUT2D eigenvalue weighted by Gasteiger charge is 2.21. The second-order valence-corrected chi connectivity index (χ2v) is 4.33. The second-order valence-electron chi connectivity index (χ2n) is 4.33. The maximum Gasteiger partial charge on any atom is 0.377 e. The smallest absolute Gasteiger partial charge is 0.377 e. The second kappa shape index (κ2) is 5.95. The minimum absolute atomic E-state index is 0.231. The van der Waals surface area contributed by atoms with Gasteiger partial charge in [0, 0.05) is 11.1 Å². The molecule has 5 nitrogen and oxygen atoms in total. The molecule has 0 bridgehead atoms. The fraction of sp³-hybridized carbons (Fsp3) is 0.429. The van der Waals surface area contributed by atoms with Gasteiger partial charge in [-0.05, 0) is 18.4 Å². The number of aryl methyl sites for hydroxylation is 1. The number of carboxylic acids is 1. The molecule has 0 saturated carbocycles. The van der Waals surface area contributed by atoms with Gasteiger partial charge in [0.25, 0.3) is 5.78 Å². The highest BCUT2D eigenvalue weighted by atomic mass is 16.7. The summed E-state index contributed by atoms with van der Waals surface area (Å²) in [7, 11) is 0. The van der Waals surface area contributed by atoms with Gasteiger partial charge in [-0.25, -0.2) is 4.79 Å². The summed E-state index contributed by atoms with van der Waals surface area (Å²) in [5, 5.41) is 8.77. The number of Topliss-reactive ketones (excluding diaryl/α,β-unsaturated/α-hetero) is 1. The van der Waals surface area contributed by atoms with Crippen LogP contribution in [0.4, 0.5) is 0 Å². The first-order valence-corrected chi connectivity index (χ1v) is 6.27. The monoisotopic (exact) mass is 264 g/mol. The van der Waals surface area contributed by atoms with Crippen LogP contribution in [0.15, 0.2) is 18.2 Å². The molecule has 0 radical (unpaired) electrons. The van der Waals surface area contributed by atoms with Crippen LogP contribution in [0.1, 0.15) is 41.1 Å². The van der Waals surface area contributed by atoms with Crippen molar-refractivity contribution in [3.05, 3.63) is 34.9 Å². The molecule has 0 aliphatic carbocycles. The van der Waals surface area contributed by atoms with E-state index in [1.165, 1.54) is 6.07 Å². The molecule has 1 fully saturated rings. The molecule has 1 aliphatic heterocycles. The van der Waals surface area contributed by atoms with Crippen molar-refractivity contribution < 1.29 is 24.2 Å². The average molecular weight is 264 g/mol. The van der Waals surface area contributed by atoms with Crippen LogP contribution >= 0.6 is 0 Å². The van der Waals surface area contributed by atoms with Crippen LogP contribution in [0, 0.1) is 0 Å². The molecule has 0 spiro atoms. The third-order valence-corrected chi connectivity index (χ3v) is 3.05. The Morgan fingerprint density at radius 3 is 2.58 bits per heavy atom. The van der Waals surface area contributed by atoms with E-state index in [1.807, 2.05) is 6.92 Å². The summed E-state index contributed by atoms with van der Waals surface area (Å²) >= 11 is 0. The first kappa shape index (κ1) is 13.7. The van der Waals surface area contributed by atoms with Crippen molar-refractivity contribution in [3.8, 4) is 0 Å². The lowest BCUT2D eigenvalue weighted by Gasteiger charge is -2.24. The summed E-state index contributed by atoms with van der Waals surface area (Å²) < 4.78 is 11.0. The van der Waals surface area contributed by atoms with Gasteiger partial charge in [0.1, 0.15) is 0 Å². The van der Waals surface area contributed by atoms with Crippen molar-refractivity contribution in [2.24, 2.45) is 0 Å². The molecular formula is C14H16O5. The third-order valence-electron chi connectivity index (χ3n) is 3.05. The third kappa shape index (κ3) is 3.00. The lowest BCUT2D eigenvalue weighted by atomic mass is 9.98. The van der Waals surface area contributed by atoms with Crippen LogP contribution in [0.2, 0.25) is 0 Å². The molecule has 1 aliphatic rings. The first-order chi connectivity index (χ1) is 9.13. The summed E-state index contributed by atoms with van der Waals surface area (Å²) in [6, 6.07) is 5.00. The lowest BCUT2D eigenvalue weighted by molar-refractivity contribution is -0.183. The number of ketones is 1. The van der Waals surface area contributed by atoms with Crippen LogP contribution in [-0.4, -0.2) is 30.1 Å². The molecule has 102 valence electrons. The highest BCUT2D eigenvalue weighted by Crippen LogP contribution is 2.25. The van der Waals surface area contributed by atoms with E-state index >= 15 is 0 Å². The van der Waals surface area contributed by atoms with Gasteiger partial charge in [0.2, 0.25) is 0 Å². The number of ether oxygens (including phenoxy) is 2. The van der Waals surface area contributed by atoms with E-state index < -0.39 is 18.0 Å². The molecule has 1 heterocycles. The Morgan fingerprint density at radius 2 is 2.00 bits per heavy atom. The van der Waals surface area contributed by atoms with Crippen molar-refractivity contribution in [1.29, 1.82) is 0 Å². The Balaban J connectivity index is 2.29. The van der Waals surface area contributed by atoms with Gasteiger partial charge in [0.05, 0.1) is 13.2 Å². The fourth-order valence-corrected chi connectivity index (χ4v) is 2.07. The molecule has 0 unspecified atom stereocenters. The predicted octanol–water partition coefficient (Wildman–Crippen LogP) is 1.95. The molecule has 0 amide bonds. The average Bonchev–Trinajstić information content (AvgIpc) is 2.46. The number of carbonyl (C=O) groups is 2. The van der Waals surface area contributed by atoms with E-state index in [-0.39, 0.29) is 5.56 Å². The molecule has 1 N–H and O–H groups in total. The standard InChI is InChI=1S/C14H16O5/c1-2-9-8-10(14-18-6-3-7-19-14)4-5-11(9)12(15)13(16)17/h4-5,8,14H,2-3,6-7H2,1H3,(H,16,17). The lowest BCUT2D eigenvalue weighted by Crippen LogP contribution is -2.19. The van der Waals surface area contributed by atoms with Gasteiger partial charge in [0.15, 0.2) is 6.29 Å². The van der Waals surface area contributed by atoms with Crippen LogP contribution in [-0.2, 0) is 20.7 Å². The van der Waals surface area contributed by atoms with Gasteiger partial charge in [-0.2, -0.15) is 0 Å². The molecular weight excluding hydrogens is 248 g/mol. The number of carboxylic acid groups (broad SMARTS) is 1. The minimum atomic E-state index is -1.44. The number of hydrogen-bond donors (Lipinski definition) is 1. The van der Waals surface area contributed by atoms with Gasteiger partial charge < -0.3 is 14.6 Å². The zero-order chi connectivity index (χ0) is 13.8. The van der Waals surface area contributed by atoms with E-state index in [1.54, 1.807) is 12.1 Å². The zero-order valence-corrected chi connectivity index (χ0v) is 10.7. The minimum Gasteiger partial charge on any atom is -0.475 e. The molecule has 1 aromatic carbocycles. The molecule has 2 rings (SSSR count). The SMILES string of the molecule is CCc1cc(C2OCCCO2)ccc1C(=O)C(=O)O.